The first-order valence-electron chi connectivity index (χ1n) is 5.86. The van der Waals surface area contributed by atoms with E-state index in [2.05, 4.69) is 10.3 Å². The lowest BCUT2D eigenvalue weighted by Crippen LogP contribution is -2.15. The summed E-state index contributed by atoms with van der Waals surface area (Å²) in [7, 11) is 0. The lowest BCUT2D eigenvalue weighted by atomic mass is 10.1. The Bertz CT molecular complexity index is 733. The quantitative estimate of drug-likeness (QED) is 0.669. The predicted octanol–water partition coefficient (Wildman–Crippen LogP) is 2.79. The first kappa shape index (κ1) is 14.7. The van der Waals surface area contributed by atoms with Crippen LogP contribution in [0.2, 0.25) is 5.02 Å². The highest BCUT2D eigenvalue weighted by atomic mass is 35.5. The van der Waals surface area contributed by atoms with Crippen LogP contribution in [-0.2, 0) is 0 Å². The van der Waals surface area contributed by atoms with Crippen LogP contribution in [0.25, 0.3) is 0 Å². The fourth-order valence-corrected chi connectivity index (χ4v) is 1.90. The summed E-state index contributed by atoms with van der Waals surface area (Å²) in [5.74, 6) is -0.630. The molecule has 1 aromatic heterocycles. The topological polar surface area (TPSA) is 111 Å². The van der Waals surface area contributed by atoms with Gasteiger partial charge in [-0.25, -0.2) is 4.98 Å². The van der Waals surface area contributed by atoms with Crippen LogP contribution < -0.4 is 11.1 Å². The van der Waals surface area contributed by atoms with Crippen molar-refractivity contribution in [2.45, 2.75) is 6.92 Å². The zero-order valence-electron chi connectivity index (χ0n) is 11.0. The lowest BCUT2D eigenvalue weighted by molar-refractivity contribution is -0.385. The van der Waals surface area contributed by atoms with Crippen LogP contribution in [0.3, 0.4) is 0 Å². The number of benzene rings is 1. The second-order valence-electron chi connectivity index (χ2n) is 4.25. The van der Waals surface area contributed by atoms with Gasteiger partial charge in [0.1, 0.15) is 17.6 Å². The second kappa shape index (κ2) is 5.76. The fourth-order valence-electron chi connectivity index (χ4n) is 1.72. The summed E-state index contributed by atoms with van der Waals surface area (Å²) in [5.41, 5.74) is 6.04. The number of carbonyl (C=O) groups is 1. The van der Waals surface area contributed by atoms with E-state index in [0.717, 1.165) is 12.3 Å². The molecule has 0 saturated carbocycles. The van der Waals surface area contributed by atoms with E-state index in [1.165, 1.54) is 0 Å². The van der Waals surface area contributed by atoms with Gasteiger partial charge in [0.05, 0.1) is 4.92 Å². The second-order valence-corrected chi connectivity index (χ2v) is 4.66. The van der Waals surface area contributed by atoms with Gasteiger partial charge in [0.2, 0.25) is 0 Å². The number of nitro groups is 1. The smallest absolute Gasteiger partial charge is 0.300 e. The Morgan fingerprint density at radius 2 is 2.19 bits per heavy atom. The molecule has 0 bridgehead atoms. The van der Waals surface area contributed by atoms with Crippen molar-refractivity contribution < 1.29 is 9.72 Å². The minimum Gasteiger partial charge on any atom is -0.384 e. The van der Waals surface area contributed by atoms with Gasteiger partial charge in [0.15, 0.2) is 0 Å². The molecule has 0 atom stereocenters. The highest BCUT2D eigenvalue weighted by Gasteiger charge is 2.21. The number of nitrogen functional groups attached to an aromatic ring is 1. The molecule has 0 aliphatic carbocycles. The molecule has 0 spiro atoms. The number of nitrogens with two attached hydrogens (primary N) is 1. The zero-order chi connectivity index (χ0) is 15.6. The minimum absolute atomic E-state index is 0.0218. The number of hydrogen-bond acceptors (Lipinski definition) is 5. The first-order valence-corrected chi connectivity index (χ1v) is 6.24. The number of nitrogens with one attached hydrogen (secondary N) is 1. The third kappa shape index (κ3) is 3.09. The molecule has 0 aliphatic rings. The molecular weight excluding hydrogens is 296 g/mol. The van der Waals surface area contributed by atoms with Gasteiger partial charge in [-0.05, 0) is 30.7 Å². The van der Waals surface area contributed by atoms with E-state index in [1.54, 1.807) is 25.1 Å². The molecule has 8 heteroatoms. The van der Waals surface area contributed by atoms with Gasteiger partial charge in [0, 0.05) is 10.7 Å². The Morgan fingerprint density at radius 1 is 1.48 bits per heavy atom. The van der Waals surface area contributed by atoms with Crippen molar-refractivity contribution in [2.75, 3.05) is 11.1 Å². The maximum atomic E-state index is 12.2. The molecule has 1 heterocycles. The number of pyridine rings is 1. The average molecular weight is 307 g/mol. The highest BCUT2D eigenvalue weighted by molar-refractivity contribution is 6.31. The largest absolute Gasteiger partial charge is 0.384 e. The molecule has 21 heavy (non-hydrogen) atoms. The summed E-state index contributed by atoms with van der Waals surface area (Å²) in [5, 5.41) is 14.0. The number of rotatable bonds is 3. The van der Waals surface area contributed by atoms with Crippen molar-refractivity contribution in [3.05, 3.63) is 56.7 Å². The Kier molecular flexibility index (Phi) is 4.04. The number of aromatic nitrogens is 1. The van der Waals surface area contributed by atoms with Crippen LogP contribution in [0.1, 0.15) is 15.9 Å². The van der Waals surface area contributed by atoms with Gasteiger partial charge >= 0.3 is 0 Å². The molecule has 2 aromatic rings. The Labute approximate surface area is 124 Å². The Morgan fingerprint density at radius 3 is 2.86 bits per heavy atom. The van der Waals surface area contributed by atoms with Crippen LogP contribution >= 0.6 is 11.6 Å². The predicted molar refractivity (Wildman–Crippen MR) is 79.4 cm³/mol. The van der Waals surface area contributed by atoms with Gasteiger partial charge in [-0.3, -0.25) is 14.9 Å². The molecule has 0 fully saturated rings. The maximum Gasteiger partial charge on any atom is 0.300 e. The Hall–Kier alpha value is -2.67. The number of anilines is 2. The van der Waals surface area contributed by atoms with E-state index < -0.39 is 16.5 Å². The van der Waals surface area contributed by atoms with E-state index in [-0.39, 0.29) is 11.4 Å². The van der Waals surface area contributed by atoms with Crippen molar-refractivity contribution in [1.82, 2.24) is 4.98 Å². The summed E-state index contributed by atoms with van der Waals surface area (Å²) in [6.07, 6.45) is 0.953. The van der Waals surface area contributed by atoms with E-state index in [1.807, 2.05) is 0 Å². The van der Waals surface area contributed by atoms with Crippen LogP contribution in [0.4, 0.5) is 17.2 Å². The zero-order valence-corrected chi connectivity index (χ0v) is 11.7. The van der Waals surface area contributed by atoms with Gasteiger partial charge in [-0.15, -0.1) is 0 Å². The molecule has 1 amide bonds. The lowest BCUT2D eigenvalue weighted by Gasteiger charge is -2.09. The minimum atomic E-state index is -0.688. The highest BCUT2D eigenvalue weighted by Crippen LogP contribution is 2.25. The van der Waals surface area contributed by atoms with Crippen molar-refractivity contribution in [1.29, 1.82) is 0 Å². The summed E-state index contributed by atoms with van der Waals surface area (Å²) in [4.78, 5) is 26.1. The van der Waals surface area contributed by atoms with Crippen LogP contribution in [0, 0.1) is 17.0 Å². The molecule has 7 nitrogen and oxygen atoms in total. The van der Waals surface area contributed by atoms with E-state index >= 15 is 0 Å². The summed E-state index contributed by atoms with van der Waals surface area (Å²) in [6, 6.07) is 6.16. The number of amides is 1. The molecule has 3 N–H and O–H groups in total. The molecule has 1 aromatic carbocycles. The molecule has 0 saturated heterocycles. The number of halogens is 1. The average Bonchev–Trinajstić information content (AvgIpc) is 2.43. The van der Waals surface area contributed by atoms with Gasteiger partial charge in [-0.1, -0.05) is 17.7 Å². The van der Waals surface area contributed by atoms with Gasteiger partial charge in [-0.2, -0.15) is 0 Å². The van der Waals surface area contributed by atoms with Crippen LogP contribution in [0.5, 0.6) is 0 Å². The summed E-state index contributed by atoms with van der Waals surface area (Å²) < 4.78 is 0. The van der Waals surface area contributed by atoms with E-state index in [4.69, 9.17) is 17.3 Å². The van der Waals surface area contributed by atoms with Crippen molar-refractivity contribution in [3.8, 4) is 0 Å². The first-order chi connectivity index (χ1) is 9.90. The van der Waals surface area contributed by atoms with Crippen molar-refractivity contribution >= 4 is 34.7 Å². The third-order valence-corrected chi connectivity index (χ3v) is 3.27. The van der Waals surface area contributed by atoms with Crippen molar-refractivity contribution in [3.63, 3.8) is 0 Å². The molecular formula is C13H11ClN4O3. The van der Waals surface area contributed by atoms with E-state index in [9.17, 15) is 14.9 Å². The summed E-state index contributed by atoms with van der Waals surface area (Å²) in [6.45, 7) is 1.73. The molecule has 0 unspecified atom stereocenters. The molecule has 2 rings (SSSR count). The standard InChI is InChI=1S/C13H11ClN4O3/c1-7-9(14)3-2-4-10(7)17-13(19)8-5-12(15)16-6-11(8)18(20)21/h2-6H,1H3,(H2,15,16)(H,17,19). The monoisotopic (exact) mass is 306 g/mol. The van der Waals surface area contributed by atoms with Gasteiger partial charge < -0.3 is 11.1 Å². The Balaban J connectivity index is 2.39. The molecule has 108 valence electrons. The fraction of sp³-hybridized carbons (Fsp3) is 0.0769. The molecule has 0 aliphatic heterocycles. The third-order valence-electron chi connectivity index (χ3n) is 2.86. The van der Waals surface area contributed by atoms with Gasteiger partial charge in [0.25, 0.3) is 11.6 Å². The van der Waals surface area contributed by atoms with Crippen molar-refractivity contribution in [2.24, 2.45) is 0 Å². The SMILES string of the molecule is Cc1c(Cl)cccc1NC(=O)c1cc(N)ncc1[N+](=O)[O-]. The normalized spacial score (nSPS) is 10.2. The number of carbonyl (C=O) groups excluding carboxylic acids is 1. The van der Waals surface area contributed by atoms with Crippen LogP contribution in [-0.4, -0.2) is 15.8 Å². The van der Waals surface area contributed by atoms with E-state index in [0.29, 0.717) is 16.3 Å². The number of hydrogen-bond donors (Lipinski definition) is 2. The summed E-state index contributed by atoms with van der Waals surface area (Å²) >= 11 is 5.96. The number of nitrogens with zero attached hydrogens (tertiary/aromatic N) is 2. The maximum absolute atomic E-state index is 12.2. The molecule has 0 radical (unpaired) electrons. The van der Waals surface area contributed by atoms with Crippen LogP contribution in [0.15, 0.2) is 30.5 Å².